The maximum atomic E-state index is 12.8. The zero-order valence-corrected chi connectivity index (χ0v) is 11.6. The molecule has 1 aromatic rings. The lowest BCUT2D eigenvalue weighted by Gasteiger charge is -2.30. The van der Waals surface area contributed by atoms with E-state index in [1.807, 2.05) is 12.1 Å². The van der Waals surface area contributed by atoms with E-state index in [0.29, 0.717) is 11.9 Å². The molecule has 0 aromatic heterocycles. The fraction of sp³-hybridized carbons (Fsp3) is 0.562. The first-order valence-corrected chi connectivity index (χ1v) is 7.63. The maximum Gasteiger partial charge on any atom is 0.230 e. The summed E-state index contributed by atoms with van der Waals surface area (Å²) in [6, 6.07) is 6.41. The van der Waals surface area contributed by atoms with E-state index >= 15 is 0 Å². The fourth-order valence-electron chi connectivity index (χ4n) is 3.31. The van der Waals surface area contributed by atoms with Gasteiger partial charge in [0.2, 0.25) is 5.91 Å². The number of hydrogen-bond donors (Lipinski definition) is 1. The van der Waals surface area contributed by atoms with Gasteiger partial charge in [-0.1, -0.05) is 6.07 Å². The number of nitrogens with one attached hydrogen (secondary N) is 1. The van der Waals surface area contributed by atoms with Gasteiger partial charge in [0.05, 0.1) is 18.3 Å². The van der Waals surface area contributed by atoms with Crippen LogP contribution in [0, 0.1) is 5.92 Å². The topological polar surface area (TPSA) is 41.6 Å². The second kappa shape index (κ2) is 4.77. The van der Waals surface area contributed by atoms with Crippen LogP contribution in [-0.2, 0) is 11.2 Å². The summed E-state index contributed by atoms with van der Waals surface area (Å²) in [5.41, 5.74) is 2.30. The van der Waals surface area contributed by atoms with Crippen molar-refractivity contribution >= 4 is 11.6 Å². The Labute approximate surface area is 119 Å². The molecule has 1 N–H and O–H groups in total. The Morgan fingerprint density at radius 2 is 2.20 bits per heavy atom. The van der Waals surface area contributed by atoms with Crippen LogP contribution in [0.15, 0.2) is 18.2 Å². The zero-order chi connectivity index (χ0) is 13.5. The first-order valence-electron chi connectivity index (χ1n) is 7.63. The summed E-state index contributed by atoms with van der Waals surface area (Å²) in [6.07, 6.45) is 4.07. The Morgan fingerprint density at radius 3 is 2.95 bits per heavy atom. The molecular formula is C16H20N2O2. The van der Waals surface area contributed by atoms with Crippen LogP contribution in [0.4, 0.5) is 5.69 Å². The summed E-state index contributed by atoms with van der Waals surface area (Å²) in [4.78, 5) is 14.8. The molecule has 0 spiro atoms. The molecule has 106 valence electrons. The van der Waals surface area contributed by atoms with Gasteiger partial charge in [0.1, 0.15) is 5.75 Å². The normalized spacial score (nSPS) is 24.3. The van der Waals surface area contributed by atoms with Gasteiger partial charge in [-0.25, -0.2) is 0 Å². The quantitative estimate of drug-likeness (QED) is 0.911. The van der Waals surface area contributed by atoms with Crippen LogP contribution >= 0.6 is 0 Å². The molecule has 1 saturated heterocycles. The minimum atomic E-state index is 0.258. The van der Waals surface area contributed by atoms with Gasteiger partial charge in [-0.3, -0.25) is 4.79 Å². The van der Waals surface area contributed by atoms with Crippen LogP contribution in [0.1, 0.15) is 24.8 Å². The fourth-order valence-corrected chi connectivity index (χ4v) is 3.31. The van der Waals surface area contributed by atoms with Crippen LogP contribution < -0.4 is 15.0 Å². The Hall–Kier alpha value is -1.55. The average molecular weight is 272 g/mol. The number of rotatable bonds is 3. The minimum Gasteiger partial charge on any atom is -0.493 e. The molecule has 2 fully saturated rings. The number of fused-ring (bicyclic) bond motifs is 1. The molecule has 1 amide bonds. The largest absolute Gasteiger partial charge is 0.493 e. The number of carbonyl (C=O) groups excluding carboxylic acids is 1. The number of nitrogens with zero attached hydrogens (tertiary/aromatic N) is 1. The molecule has 0 radical (unpaired) electrons. The van der Waals surface area contributed by atoms with Crippen molar-refractivity contribution in [3.05, 3.63) is 23.8 Å². The molecule has 3 aliphatic rings. The highest BCUT2D eigenvalue weighted by Gasteiger charge is 2.39. The van der Waals surface area contributed by atoms with Crippen molar-refractivity contribution in [2.75, 3.05) is 24.6 Å². The first kappa shape index (κ1) is 12.2. The number of hydrogen-bond acceptors (Lipinski definition) is 3. The molecule has 20 heavy (non-hydrogen) atoms. The first-order chi connectivity index (χ1) is 9.84. The summed E-state index contributed by atoms with van der Waals surface area (Å²) in [6.45, 7) is 2.65. The summed E-state index contributed by atoms with van der Waals surface area (Å²) < 4.78 is 5.65. The van der Waals surface area contributed by atoms with E-state index in [-0.39, 0.29) is 5.92 Å². The maximum absolute atomic E-state index is 12.8. The molecule has 1 aliphatic carbocycles. The summed E-state index contributed by atoms with van der Waals surface area (Å²) in [5.74, 6) is 1.54. The summed E-state index contributed by atoms with van der Waals surface area (Å²) in [7, 11) is 0. The minimum absolute atomic E-state index is 0.258. The van der Waals surface area contributed by atoms with E-state index in [0.717, 1.165) is 56.8 Å². The molecular weight excluding hydrogens is 252 g/mol. The molecule has 1 aromatic carbocycles. The molecule has 1 unspecified atom stereocenters. The van der Waals surface area contributed by atoms with Crippen molar-refractivity contribution in [3.63, 3.8) is 0 Å². The summed E-state index contributed by atoms with van der Waals surface area (Å²) >= 11 is 0. The number of anilines is 1. The second-order valence-electron chi connectivity index (χ2n) is 5.98. The SMILES string of the molecule is O=C(C1CC1)N(c1cccc2c1CCO2)C1CCNC1. The lowest BCUT2D eigenvalue weighted by atomic mass is 10.1. The third kappa shape index (κ3) is 1.99. The number of carbonyl (C=O) groups is 1. The molecule has 4 heteroatoms. The standard InChI is InChI=1S/C16H20N2O2/c19-16(11-4-5-11)18(12-6-8-17-10-12)14-2-1-3-15-13(14)7-9-20-15/h1-3,11-12,17H,4-10H2. The van der Waals surface area contributed by atoms with Crippen molar-refractivity contribution < 1.29 is 9.53 Å². The third-order valence-corrected chi connectivity index (χ3v) is 4.54. The van der Waals surface area contributed by atoms with Crippen molar-refractivity contribution in [2.45, 2.75) is 31.7 Å². The number of benzene rings is 1. The highest BCUT2D eigenvalue weighted by atomic mass is 16.5. The molecule has 2 heterocycles. The molecule has 1 atom stereocenters. The van der Waals surface area contributed by atoms with Gasteiger partial charge in [0.15, 0.2) is 0 Å². The van der Waals surface area contributed by atoms with Gasteiger partial charge in [0.25, 0.3) is 0 Å². The number of amides is 1. The monoisotopic (exact) mass is 272 g/mol. The van der Waals surface area contributed by atoms with Gasteiger partial charge in [-0.15, -0.1) is 0 Å². The summed E-state index contributed by atoms with van der Waals surface area (Å²) in [5, 5.41) is 3.38. The zero-order valence-electron chi connectivity index (χ0n) is 11.6. The molecule has 0 bridgehead atoms. The van der Waals surface area contributed by atoms with Crippen molar-refractivity contribution in [3.8, 4) is 5.75 Å². The smallest absolute Gasteiger partial charge is 0.230 e. The predicted octanol–water partition coefficient (Wildman–Crippen LogP) is 1.73. The van der Waals surface area contributed by atoms with Gasteiger partial charge in [-0.2, -0.15) is 0 Å². The van der Waals surface area contributed by atoms with E-state index in [1.54, 1.807) is 0 Å². The van der Waals surface area contributed by atoms with E-state index in [2.05, 4.69) is 16.3 Å². The van der Waals surface area contributed by atoms with Crippen molar-refractivity contribution in [2.24, 2.45) is 5.92 Å². The molecule has 2 aliphatic heterocycles. The van der Waals surface area contributed by atoms with Crippen LogP contribution in [0.3, 0.4) is 0 Å². The van der Waals surface area contributed by atoms with E-state index < -0.39 is 0 Å². The van der Waals surface area contributed by atoms with E-state index in [9.17, 15) is 4.79 Å². The van der Waals surface area contributed by atoms with Crippen molar-refractivity contribution in [1.29, 1.82) is 0 Å². The number of ether oxygens (including phenoxy) is 1. The Kier molecular flexibility index (Phi) is 2.91. The molecule has 4 nitrogen and oxygen atoms in total. The second-order valence-corrected chi connectivity index (χ2v) is 5.98. The lowest BCUT2D eigenvalue weighted by molar-refractivity contribution is -0.120. The van der Waals surface area contributed by atoms with Crippen LogP contribution in [0.2, 0.25) is 0 Å². The van der Waals surface area contributed by atoms with Gasteiger partial charge in [-0.05, 0) is 37.9 Å². The highest BCUT2D eigenvalue weighted by Crippen LogP contribution is 2.39. The van der Waals surface area contributed by atoms with Gasteiger partial charge >= 0.3 is 0 Å². The van der Waals surface area contributed by atoms with Crippen molar-refractivity contribution in [1.82, 2.24) is 5.32 Å². The van der Waals surface area contributed by atoms with Crippen LogP contribution in [0.5, 0.6) is 5.75 Å². The lowest BCUT2D eigenvalue weighted by Crippen LogP contribution is -2.43. The average Bonchev–Trinajstić information content (AvgIpc) is 2.98. The molecule has 1 saturated carbocycles. The van der Waals surface area contributed by atoms with Gasteiger partial charge in [0, 0.05) is 24.4 Å². The van der Waals surface area contributed by atoms with E-state index in [4.69, 9.17) is 4.74 Å². The highest BCUT2D eigenvalue weighted by molar-refractivity contribution is 5.98. The third-order valence-electron chi connectivity index (χ3n) is 4.54. The van der Waals surface area contributed by atoms with Crippen LogP contribution in [-0.4, -0.2) is 31.6 Å². The predicted molar refractivity (Wildman–Crippen MR) is 77.1 cm³/mol. The molecule has 4 rings (SSSR count). The Bertz CT molecular complexity index is 533. The van der Waals surface area contributed by atoms with Crippen LogP contribution in [0.25, 0.3) is 0 Å². The Morgan fingerprint density at radius 1 is 1.30 bits per heavy atom. The van der Waals surface area contributed by atoms with E-state index in [1.165, 1.54) is 5.56 Å². The van der Waals surface area contributed by atoms with Gasteiger partial charge < -0.3 is 15.0 Å². The Balaban J connectivity index is 1.73.